The number of halogens is 4. The van der Waals surface area contributed by atoms with Crippen molar-refractivity contribution < 1.29 is 13.2 Å². The molecule has 1 radical (unpaired) electrons. The van der Waals surface area contributed by atoms with Gasteiger partial charge in [-0.1, -0.05) is 30.7 Å². The monoisotopic (exact) mass is 221 g/mol. The summed E-state index contributed by atoms with van der Waals surface area (Å²) in [7, 11) is 0. The Hall–Kier alpha value is -0.700. The summed E-state index contributed by atoms with van der Waals surface area (Å²) < 4.78 is 37.1. The smallest absolute Gasteiger partial charge is 0.166 e. The highest BCUT2D eigenvalue weighted by atomic mass is 35.5. The summed E-state index contributed by atoms with van der Waals surface area (Å²) >= 11 is 5.62. The van der Waals surface area contributed by atoms with Crippen LogP contribution in [-0.4, -0.2) is 0 Å². The third-order valence-corrected chi connectivity index (χ3v) is 2.28. The topological polar surface area (TPSA) is 0 Å². The maximum Gasteiger partial charge on any atom is 0.417 e. The molecule has 0 saturated heterocycles. The molecule has 1 rings (SSSR count). The van der Waals surface area contributed by atoms with E-state index in [1.807, 2.05) is 0 Å². The van der Waals surface area contributed by atoms with Crippen LogP contribution in [0.3, 0.4) is 0 Å². The molecule has 0 fully saturated rings. The van der Waals surface area contributed by atoms with Gasteiger partial charge in [0.05, 0.1) is 10.6 Å². The Bertz CT molecular complexity index is 318. The van der Waals surface area contributed by atoms with E-state index in [1.54, 1.807) is 6.07 Å². The molecule has 0 atom stereocenters. The minimum atomic E-state index is -4.38. The second kappa shape index (κ2) is 4.22. The Morgan fingerprint density at radius 1 is 1.29 bits per heavy atom. The van der Waals surface area contributed by atoms with E-state index in [2.05, 4.69) is 6.92 Å². The first-order valence-electron chi connectivity index (χ1n) is 4.10. The fraction of sp³-hybridized carbons (Fsp3) is 0.300. The lowest BCUT2D eigenvalue weighted by Crippen LogP contribution is -2.06. The zero-order valence-electron chi connectivity index (χ0n) is 7.37. The first kappa shape index (κ1) is 11.4. The van der Waals surface area contributed by atoms with Crippen LogP contribution in [0.2, 0.25) is 5.02 Å². The summed E-state index contributed by atoms with van der Waals surface area (Å²) in [6.07, 6.45) is -3.39. The minimum Gasteiger partial charge on any atom is -0.166 e. The fourth-order valence-electron chi connectivity index (χ4n) is 1.18. The van der Waals surface area contributed by atoms with Crippen molar-refractivity contribution in [2.75, 3.05) is 0 Å². The number of rotatable bonds is 2. The predicted molar refractivity (Wildman–Crippen MR) is 50.1 cm³/mol. The van der Waals surface area contributed by atoms with Gasteiger partial charge < -0.3 is 0 Å². The van der Waals surface area contributed by atoms with Crippen molar-refractivity contribution in [1.29, 1.82) is 0 Å². The van der Waals surface area contributed by atoms with Crippen molar-refractivity contribution in [2.45, 2.75) is 19.0 Å². The van der Waals surface area contributed by atoms with E-state index >= 15 is 0 Å². The number of hydrogen-bond donors (Lipinski definition) is 0. The molecule has 0 aliphatic rings. The third-order valence-electron chi connectivity index (χ3n) is 1.83. The molecule has 77 valence electrons. The quantitative estimate of drug-likeness (QED) is 0.705. The molecular formula is C10H9ClF3. The summed E-state index contributed by atoms with van der Waals surface area (Å²) in [5.74, 6) is 0. The first-order valence-corrected chi connectivity index (χ1v) is 4.48. The Labute approximate surface area is 85.7 Å². The van der Waals surface area contributed by atoms with Gasteiger partial charge in [0.25, 0.3) is 0 Å². The van der Waals surface area contributed by atoms with E-state index in [1.165, 1.54) is 6.07 Å². The van der Waals surface area contributed by atoms with Crippen molar-refractivity contribution in [2.24, 2.45) is 0 Å². The number of hydrogen-bond acceptors (Lipinski definition) is 0. The van der Waals surface area contributed by atoms with Crippen LogP contribution < -0.4 is 0 Å². The van der Waals surface area contributed by atoms with Gasteiger partial charge >= 0.3 is 6.18 Å². The molecule has 0 heterocycles. The molecule has 0 bridgehead atoms. The second-order valence-corrected chi connectivity index (χ2v) is 3.26. The molecule has 0 aliphatic heterocycles. The van der Waals surface area contributed by atoms with Gasteiger partial charge in [0.15, 0.2) is 0 Å². The lowest BCUT2D eigenvalue weighted by molar-refractivity contribution is -0.137. The van der Waals surface area contributed by atoms with E-state index in [4.69, 9.17) is 11.6 Å². The summed E-state index contributed by atoms with van der Waals surface area (Å²) in [6.45, 7) is 3.57. The lowest BCUT2D eigenvalue weighted by atomic mass is 10.1. The number of aryl methyl sites for hydroxylation is 1. The highest BCUT2D eigenvalue weighted by Crippen LogP contribution is 2.36. The average molecular weight is 222 g/mol. The molecule has 0 aliphatic carbocycles. The molecule has 0 spiro atoms. The zero-order valence-corrected chi connectivity index (χ0v) is 8.12. The van der Waals surface area contributed by atoms with Crippen molar-refractivity contribution in [1.82, 2.24) is 0 Å². The summed E-state index contributed by atoms with van der Waals surface area (Å²) in [4.78, 5) is 0. The van der Waals surface area contributed by atoms with Crippen LogP contribution in [0, 0.1) is 6.92 Å². The Morgan fingerprint density at radius 2 is 1.93 bits per heavy atom. The largest absolute Gasteiger partial charge is 0.417 e. The summed E-state index contributed by atoms with van der Waals surface area (Å²) in [5.41, 5.74) is -0.276. The third kappa shape index (κ3) is 2.41. The summed E-state index contributed by atoms with van der Waals surface area (Å²) in [5, 5.41) is -0.205. The lowest BCUT2D eigenvalue weighted by Gasteiger charge is -2.11. The van der Waals surface area contributed by atoms with Crippen molar-refractivity contribution >= 4 is 11.6 Å². The standard InChI is InChI=1S/C10H9ClF3/c1-2-4-7-5-3-6-8(9(7)11)10(12,13)14/h3,5-6H,1-2,4H2. The molecule has 0 unspecified atom stereocenters. The molecule has 0 saturated carbocycles. The van der Waals surface area contributed by atoms with E-state index in [0.717, 1.165) is 6.07 Å². The van der Waals surface area contributed by atoms with Crippen LogP contribution in [0.4, 0.5) is 13.2 Å². The van der Waals surface area contributed by atoms with Crippen molar-refractivity contribution in [3.63, 3.8) is 0 Å². The molecular weight excluding hydrogens is 213 g/mol. The zero-order chi connectivity index (χ0) is 10.8. The molecule has 1 aromatic rings. The average Bonchev–Trinajstić information content (AvgIpc) is 2.07. The summed E-state index contributed by atoms with van der Waals surface area (Å²) in [6, 6.07) is 3.93. The fourth-order valence-corrected chi connectivity index (χ4v) is 1.51. The Kier molecular flexibility index (Phi) is 3.43. The van der Waals surface area contributed by atoms with Crippen LogP contribution in [0.1, 0.15) is 17.5 Å². The highest BCUT2D eigenvalue weighted by Gasteiger charge is 2.33. The minimum absolute atomic E-state index is 0.205. The maximum absolute atomic E-state index is 12.4. The molecule has 0 aromatic heterocycles. The van der Waals surface area contributed by atoms with Crippen molar-refractivity contribution in [3.8, 4) is 0 Å². The van der Waals surface area contributed by atoms with E-state index < -0.39 is 11.7 Å². The van der Waals surface area contributed by atoms with E-state index in [9.17, 15) is 13.2 Å². The molecule has 14 heavy (non-hydrogen) atoms. The van der Waals surface area contributed by atoms with Gasteiger partial charge in [0.1, 0.15) is 0 Å². The number of benzene rings is 1. The molecule has 4 heteroatoms. The van der Waals surface area contributed by atoms with Gasteiger partial charge in [-0.3, -0.25) is 0 Å². The van der Waals surface area contributed by atoms with Crippen LogP contribution in [-0.2, 0) is 12.6 Å². The first-order chi connectivity index (χ1) is 6.46. The van der Waals surface area contributed by atoms with E-state index in [0.29, 0.717) is 18.4 Å². The van der Waals surface area contributed by atoms with Crippen LogP contribution in [0.5, 0.6) is 0 Å². The highest BCUT2D eigenvalue weighted by molar-refractivity contribution is 6.32. The maximum atomic E-state index is 12.4. The molecule has 0 nitrogen and oxygen atoms in total. The van der Waals surface area contributed by atoms with Gasteiger partial charge in [-0.25, -0.2) is 0 Å². The van der Waals surface area contributed by atoms with Gasteiger partial charge in [-0.05, 0) is 24.5 Å². The SMILES string of the molecule is [CH2]CCc1cccc(C(F)(F)F)c1Cl. The van der Waals surface area contributed by atoms with Crippen LogP contribution in [0.15, 0.2) is 18.2 Å². The van der Waals surface area contributed by atoms with Gasteiger partial charge in [-0.15, -0.1) is 0 Å². The molecule has 1 aromatic carbocycles. The molecule has 0 amide bonds. The normalized spacial score (nSPS) is 11.8. The van der Waals surface area contributed by atoms with Crippen molar-refractivity contribution in [3.05, 3.63) is 41.3 Å². The predicted octanol–water partition coefficient (Wildman–Crippen LogP) is 4.13. The van der Waals surface area contributed by atoms with Crippen LogP contribution in [0.25, 0.3) is 0 Å². The second-order valence-electron chi connectivity index (χ2n) is 2.88. The van der Waals surface area contributed by atoms with Gasteiger partial charge in [-0.2, -0.15) is 13.2 Å². The Morgan fingerprint density at radius 3 is 2.43 bits per heavy atom. The molecule has 0 N–H and O–H groups in total. The number of alkyl halides is 3. The van der Waals surface area contributed by atoms with Crippen LogP contribution >= 0.6 is 11.6 Å². The van der Waals surface area contributed by atoms with Gasteiger partial charge in [0, 0.05) is 0 Å². The van der Waals surface area contributed by atoms with E-state index in [-0.39, 0.29) is 5.02 Å². The van der Waals surface area contributed by atoms with Gasteiger partial charge in [0.2, 0.25) is 0 Å². The Balaban J connectivity index is 3.14.